The second kappa shape index (κ2) is 9.44. The average Bonchev–Trinajstić information content (AvgIpc) is 2.70. The molecule has 1 N–H and O–H groups in total. The number of methoxy groups -OCH3 is 1. The fraction of sp³-hybridized carbons (Fsp3) is 0.565. The Hall–Kier alpha value is -2.34. The van der Waals surface area contributed by atoms with E-state index in [-0.39, 0.29) is 30.4 Å². The fourth-order valence-corrected chi connectivity index (χ4v) is 4.44. The van der Waals surface area contributed by atoms with Gasteiger partial charge in [-0.2, -0.15) is 0 Å². The molecule has 1 saturated carbocycles. The van der Waals surface area contributed by atoms with E-state index in [0.29, 0.717) is 24.3 Å². The van der Waals surface area contributed by atoms with Gasteiger partial charge in [-0.05, 0) is 42.9 Å². The van der Waals surface area contributed by atoms with Crippen LogP contribution in [0.15, 0.2) is 24.3 Å². The number of aliphatic hydroxyl groups excluding tert-OH is 1. The molecule has 1 aromatic carbocycles. The minimum atomic E-state index is -0.955. The van der Waals surface area contributed by atoms with Gasteiger partial charge in [-0.3, -0.25) is 14.5 Å². The molecule has 6 nitrogen and oxygen atoms in total. The van der Waals surface area contributed by atoms with Crippen LogP contribution in [0, 0.1) is 5.41 Å². The lowest BCUT2D eigenvalue weighted by Crippen LogP contribution is -2.51. The van der Waals surface area contributed by atoms with Crippen LogP contribution in [0.3, 0.4) is 0 Å². The Morgan fingerprint density at radius 1 is 1.14 bits per heavy atom. The number of hydrogen-bond acceptors (Lipinski definition) is 5. The summed E-state index contributed by atoms with van der Waals surface area (Å²) in [6, 6.07) is 5.53. The van der Waals surface area contributed by atoms with Gasteiger partial charge in [-0.25, -0.2) is 0 Å². The topological polar surface area (TPSA) is 76.1 Å². The molecule has 1 aliphatic carbocycles. The van der Waals surface area contributed by atoms with E-state index in [2.05, 4.69) is 0 Å². The molecule has 2 amide bonds. The van der Waals surface area contributed by atoms with Gasteiger partial charge in [-0.1, -0.05) is 37.5 Å². The second-order valence-corrected chi connectivity index (χ2v) is 8.19. The molecule has 6 heteroatoms. The SMILES string of the molecule is C/C=C/c1ccc(OCC(O)CN2C(=O)CC3(CCCCC3)CC2=O)c(OC)c1. The first kappa shape index (κ1) is 21.4. The quantitative estimate of drug-likeness (QED) is 0.707. The lowest BCUT2D eigenvalue weighted by atomic mass is 9.67. The number of imide groups is 1. The summed E-state index contributed by atoms with van der Waals surface area (Å²) in [4.78, 5) is 26.4. The van der Waals surface area contributed by atoms with Crippen LogP contribution in [0.1, 0.15) is 57.4 Å². The van der Waals surface area contributed by atoms with E-state index in [1.54, 1.807) is 13.2 Å². The number of nitrogens with zero attached hydrogens (tertiary/aromatic N) is 1. The summed E-state index contributed by atoms with van der Waals surface area (Å²) in [5, 5.41) is 10.4. The molecule has 0 bridgehead atoms. The smallest absolute Gasteiger partial charge is 0.229 e. The molecule has 158 valence electrons. The van der Waals surface area contributed by atoms with Crippen molar-refractivity contribution in [2.24, 2.45) is 5.41 Å². The number of rotatable bonds is 7. The van der Waals surface area contributed by atoms with Gasteiger partial charge in [0.15, 0.2) is 11.5 Å². The summed E-state index contributed by atoms with van der Waals surface area (Å²) in [6.07, 6.45) is 9.01. The van der Waals surface area contributed by atoms with Crippen molar-refractivity contribution in [2.75, 3.05) is 20.3 Å². The molecule has 1 saturated heterocycles. The van der Waals surface area contributed by atoms with Gasteiger partial charge in [-0.15, -0.1) is 0 Å². The van der Waals surface area contributed by atoms with Gasteiger partial charge in [0.05, 0.1) is 13.7 Å². The first-order chi connectivity index (χ1) is 14.0. The van der Waals surface area contributed by atoms with Crippen LogP contribution in [-0.2, 0) is 9.59 Å². The fourth-order valence-electron chi connectivity index (χ4n) is 4.44. The molecule has 1 unspecified atom stereocenters. The standard InChI is InChI=1S/C23H31NO5/c1-3-7-17-8-9-19(20(12-17)28-2)29-16-18(25)15-24-21(26)13-23(14-22(24)27)10-5-4-6-11-23/h3,7-9,12,18,25H,4-6,10-11,13-16H2,1-2H3/b7-3+. The van der Waals surface area contributed by atoms with Crippen molar-refractivity contribution in [1.29, 1.82) is 0 Å². The Kier molecular flexibility index (Phi) is 6.96. The van der Waals surface area contributed by atoms with Crippen LogP contribution in [0.25, 0.3) is 6.08 Å². The van der Waals surface area contributed by atoms with Crippen molar-refractivity contribution in [2.45, 2.75) is 58.0 Å². The maximum Gasteiger partial charge on any atom is 0.229 e. The highest BCUT2D eigenvalue weighted by Crippen LogP contribution is 2.45. The van der Waals surface area contributed by atoms with Gasteiger partial charge >= 0.3 is 0 Å². The van der Waals surface area contributed by atoms with Crippen molar-refractivity contribution in [3.05, 3.63) is 29.8 Å². The number of piperidine rings is 1. The molecule has 2 aliphatic rings. The number of carbonyl (C=O) groups excluding carboxylic acids is 2. The summed E-state index contributed by atoms with van der Waals surface area (Å²) >= 11 is 0. The third-order valence-corrected chi connectivity index (χ3v) is 5.94. The zero-order valence-corrected chi connectivity index (χ0v) is 17.4. The van der Waals surface area contributed by atoms with E-state index < -0.39 is 6.10 Å². The van der Waals surface area contributed by atoms with Crippen molar-refractivity contribution < 1.29 is 24.2 Å². The maximum absolute atomic E-state index is 12.6. The Bertz CT molecular complexity index is 747. The summed E-state index contributed by atoms with van der Waals surface area (Å²) < 4.78 is 11.0. The highest BCUT2D eigenvalue weighted by Gasteiger charge is 2.44. The summed E-state index contributed by atoms with van der Waals surface area (Å²) in [6.45, 7) is 1.88. The second-order valence-electron chi connectivity index (χ2n) is 8.19. The van der Waals surface area contributed by atoms with Crippen LogP contribution >= 0.6 is 0 Å². The number of likely N-dealkylation sites (tertiary alicyclic amines) is 1. The van der Waals surface area contributed by atoms with Gasteiger partial charge in [0.1, 0.15) is 12.7 Å². The monoisotopic (exact) mass is 401 g/mol. The average molecular weight is 402 g/mol. The van der Waals surface area contributed by atoms with Crippen molar-refractivity contribution in [1.82, 2.24) is 4.90 Å². The first-order valence-corrected chi connectivity index (χ1v) is 10.4. The summed E-state index contributed by atoms with van der Waals surface area (Å²) in [7, 11) is 1.56. The highest BCUT2D eigenvalue weighted by atomic mass is 16.5. The molecule has 1 spiro atoms. The van der Waals surface area contributed by atoms with Gasteiger partial charge < -0.3 is 14.6 Å². The Labute approximate surface area is 172 Å². The molecule has 3 rings (SSSR count). The molecule has 2 fully saturated rings. The third kappa shape index (κ3) is 5.18. The van der Waals surface area contributed by atoms with Gasteiger partial charge in [0.25, 0.3) is 0 Å². The van der Waals surface area contributed by atoms with Crippen LogP contribution in [-0.4, -0.2) is 48.2 Å². The minimum Gasteiger partial charge on any atom is -0.493 e. The molecule has 0 aromatic heterocycles. The third-order valence-electron chi connectivity index (χ3n) is 5.94. The largest absolute Gasteiger partial charge is 0.493 e. The van der Waals surface area contributed by atoms with Crippen molar-refractivity contribution >= 4 is 17.9 Å². The molecule has 0 radical (unpaired) electrons. The lowest BCUT2D eigenvalue weighted by Gasteiger charge is -2.42. The molecule has 1 aromatic rings. The zero-order chi connectivity index (χ0) is 20.9. The maximum atomic E-state index is 12.6. The minimum absolute atomic E-state index is 0.0263. The molecule has 29 heavy (non-hydrogen) atoms. The van der Waals surface area contributed by atoms with E-state index in [1.807, 2.05) is 31.2 Å². The van der Waals surface area contributed by atoms with E-state index >= 15 is 0 Å². The number of ether oxygens (including phenoxy) is 2. The summed E-state index contributed by atoms with van der Waals surface area (Å²) in [5.41, 5.74) is 0.838. The lowest BCUT2D eigenvalue weighted by molar-refractivity contribution is -0.156. The number of carbonyl (C=O) groups is 2. The number of β-amino-alcohol motifs (C(OH)–C–C–N with tert-alkyl or cyclic N) is 1. The Morgan fingerprint density at radius 3 is 2.45 bits per heavy atom. The van der Waals surface area contributed by atoms with Crippen LogP contribution in [0.2, 0.25) is 0 Å². The molecule has 1 aliphatic heterocycles. The zero-order valence-electron chi connectivity index (χ0n) is 17.4. The predicted octanol–water partition coefficient (Wildman–Crippen LogP) is 3.57. The molecular weight excluding hydrogens is 370 g/mol. The highest BCUT2D eigenvalue weighted by molar-refractivity contribution is 5.98. The van der Waals surface area contributed by atoms with Crippen molar-refractivity contribution in [3.63, 3.8) is 0 Å². The number of amides is 2. The molecule has 1 heterocycles. The first-order valence-electron chi connectivity index (χ1n) is 10.4. The normalized spacial score (nSPS) is 20.3. The van der Waals surface area contributed by atoms with Gasteiger partial charge in [0.2, 0.25) is 11.8 Å². The Morgan fingerprint density at radius 2 is 1.83 bits per heavy atom. The van der Waals surface area contributed by atoms with E-state index in [4.69, 9.17) is 9.47 Å². The number of benzene rings is 1. The predicted molar refractivity (Wildman–Crippen MR) is 111 cm³/mol. The van der Waals surface area contributed by atoms with Crippen LogP contribution < -0.4 is 9.47 Å². The van der Waals surface area contributed by atoms with Crippen LogP contribution in [0.5, 0.6) is 11.5 Å². The van der Waals surface area contributed by atoms with Crippen LogP contribution in [0.4, 0.5) is 0 Å². The Balaban J connectivity index is 1.56. The number of allylic oxidation sites excluding steroid dienone is 1. The molecule has 1 atom stereocenters. The molecular formula is C23H31NO5. The number of aliphatic hydroxyl groups is 1. The summed E-state index contributed by atoms with van der Waals surface area (Å²) in [5.74, 6) is 0.736. The van der Waals surface area contributed by atoms with E-state index in [9.17, 15) is 14.7 Å². The van der Waals surface area contributed by atoms with Crippen molar-refractivity contribution in [3.8, 4) is 11.5 Å². The van der Waals surface area contributed by atoms with E-state index in [1.165, 1.54) is 11.3 Å². The number of hydrogen-bond donors (Lipinski definition) is 1. The van der Waals surface area contributed by atoms with E-state index in [0.717, 1.165) is 31.2 Å². The van der Waals surface area contributed by atoms with Gasteiger partial charge in [0, 0.05) is 12.8 Å².